The second-order valence-electron chi connectivity index (χ2n) is 4.64. The van der Waals surface area contributed by atoms with Gasteiger partial charge in [-0.15, -0.1) is 11.8 Å². The molecule has 0 aliphatic carbocycles. The first-order chi connectivity index (χ1) is 11.0. The lowest BCUT2D eigenvalue weighted by atomic mass is 10.2. The number of carbonyl (C=O) groups excluding carboxylic acids is 2. The van der Waals surface area contributed by atoms with E-state index in [9.17, 15) is 9.59 Å². The number of amides is 2. The minimum absolute atomic E-state index is 0.287. The molecule has 2 aromatic carbocycles. The Labute approximate surface area is 152 Å². The van der Waals surface area contributed by atoms with Gasteiger partial charge >= 0.3 is 0 Å². The summed E-state index contributed by atoms with van der Waals surface area (Å²) in [6.45, 7) is 1.76. The van der Waals surface area contributed by atoms with Crippen LogP contribution in [0.15, 0.2) is 57.9 Å². The van der Waals surface area contributed by atoms with Crippen LogP contribution >= 0.6 is 39.3 Å². The molecule has 0 spiro atoms. The van der Waals surface area contributed by atoms with Crippen LogP contribution in [0.5, 0.6) is 0 Å². The maximum Gasteiger partial charge on any atom is 0.270 e. The summed E-state index contributed by atoms with van der Waals surface area (Å²) in [5.41, 5.74) is 5.30. The van der Waals surface area contributed by atoms with Crippen molar-refractivity contribution in [3.05, 3.63) is 63.6 Å². The molecule has 7 heteroatoms. The molecule has 0 fully saturated rings. The van der Waals surface area contributed by atoms with Crippen molar-refractivity contribution in [2.24, 2.45) is 0 Å². The Morgan fingerprint density at radius 2 is 1.74 bits per heavy atom. The molecule has 120 valence electrons. The van der Waals surface area contributed by atoms with E-state index in [-0.39, 0.29) is 17.1 Å². The van der Waals surface area contributed by atoms with Gasteiger partial charge in [-0.05, 0) is 59.3 Å². The Kier molecular flexibility index (Phi) is 6.50. The molecule has 1 atom stereocenters. The van der Waals surface area contributed by atoms with Crippen LogP contribution in [0.25, 0.3) is 0 Å². The minimum atomic E-state index is -0.380. The average Bonchev–Trinajstić information content (AvgIpc) is 2.54. The third kappa shape index (κ3) is 5.27. The topological polar surface area (TPSA) is 58.2 Å². The molecule has 2 amide bonds. The van der Waals surface area contributed by atoms with Crippen LogP contribution in [0.3, 0.4) is 0 Å². The second-order valence-corrected chi connectivity index (χ2v) is 7.34. The smallest absolute Gasteiger partial charge is 0.270 e. The molecule has 0 unspecified atom stereocenters. The molecule has 0 aromatic heterocycles. The molecule has 2 rings (SSSR count). The highest BCUT2D eigenvalue weighted by Crippen LogP contribution is 2.24. The van der Waals surface area contributed by atoms with Crippen LogP contribution in [0.2, 0.25) is 5.02 Å². The zero-order valence-corrected chi connectivity index (χ0v) is 15.3. The molecule has 0 saturated carbocycles. The van der Waals surface area contributed by atoms with Gasteiger partial charge < -0.3 is 0 Å². The highest BCUT2D eigenvalue weighted by atomic mass is 79.9. The lowest BCUT2D eigenvalue weighted by molar-refractivity contribution is -0.121. The predicted octanol–water partition coefficient (Wildman–Crippen LogP) is 4.04. The molecule has 2 N–H and O–H groups in total. The number of hydrazine groups is 1. The molecular weight excluding hydrogens is 400 g/mol. The molecule has 0 bridgehead atoms. The van der Waals surface area contributed by atoms with Crippen LogP contribution in [0.1, 0.15) is 17.3 Å². The predicted molar refractivity (Wildman–Crippen MR) is 96.5 cm³/mol. The zero-order chi connectivity index (χ0) is 16.8. The Morgan fingerprint density at radius 1 is 1.09 bits per heavy atom. The summed E-state index contributed by atoms with van der Waals surface area (Å²) in [5.74, 6) is -0.667. The van der Waals surface area contributed by atoms with E-state index in [2.05, 4.69) is 26.8 Å². The van der Waals surface area contributed by atoms with E-state index in [4.69, 9.17) is 11.6 Å². The number of benzene rings is 2. The standard InChI is InChI=1S/C16H14BrClN2O2S/c1-10(23-12-8-6-11(18)7-9-12)15(21)19-20-16(22)13-4-2-3-5-14(13)17/h2-10H,1H3,(H,19,21)(H,20,22)/t10-/m1/s1. The van der Waals surface area contributed by atoms with Crippen molar-refractivity contribution in [3.8, 4) is 0 Å². The van der Waals surface area contributed by atoms with E-state index >= 15 is 0 Å². The summed E-state index contributed by atoms with van der Waals surface area (Å²) < 4.78 is 0.662. The van der Waals surface area contributed by atoms with E-state index in [0.29, 0.717) is 15.1 Å². The van der Waals surface area contributed by atoms with Gasteiger partial charge in [0.1, 0.15) is 0 Å². The van der Waals surface area contributed by atoms with E-state index in [1.807, 2.05) is 18.2 Å². The van der Waals surface area contributed by atoms with Crippen LogP contribution in [-0.4, -0.2) is 17.1 Å². The Bertz CT molecular complexity index is 709. The first-order valence-corrected chi connectivity index (χ1v) is 8.79. The van der Waals surface area contributed by atoms with Crippen molar-refractivity contribution < 1.29 is 9.59 Å². The third-order valence-electron chi connectivity index (χ3n) is 2.91. The Balaban J connectivity index is 1.87. The maximum atomic E-state index is 12.1. The summed E-state index contributed by atoms with van der Waals surface area (Å²) in [5, 5.41) is 0.280. The molecule has 23 heavy (non-hydrogen) atoms. The lowest BCUT2D eigenvalue weighted by Gasteiger charge is -2.13. The van der Waals surface area contributed by atoms with Crippen molar-refractivity contribution in [3.63, 3.8) is 0 Å². The number of rotatable bonds is 4. The normalized spacial score (nSPS) is 11.6. The van der Waals surface area contributed by atoms with Gasteiger partial charge in [0.2, 0.25) is 0 Å². The summed E-state index contributed by atoms with van der Waals surface area (Å²) in [6, 6.07) is 14.2. The molecule has 0 radical (unpaired) electrons. The van der Waals surface area contributed by atoms with Crippen LogP contribution in [-0.2, 0) is 4.79 Å². The quantitative estimate of drug-likeness (QED) is 0.587. The molecular formula is C16H14BrClN2O2S. The minimum Gasteiger partial charge on any atom is -0.272 e. The number of thioether (sulfide) groups is 1. The van der Waals surface area contributed by atoms with Crippen molar-refractivity contribution in [2.75, 3.05) is 0 Å². The first-order valence-electron chi connectivity index (χ1n) is 6.74. The Morgan fingerprint density at radius 3 is 2.39 bits per heavy atom. The summed E-state index contributed by atoms with van der Waals surface area (Å²) in [6.07, 6.45) is 0. The molecule has 2 aromatic rings. The van der Waals surface area contributed by atoms with E-state index in [0.717, 1.165) is 4.90 Å². The van der Waals surface area contributed by atoms with Crippen molar-refractivity contribution in [2.45, 2.75) is 17.1 Å². The van der Waals surface area contributed by atoms with E-state index < -0.39 is 0 Å². The number of hydrogen-bond acceptors (Lipinski definition) is 3. The summed E-state index contributed by atoms with van der Waals surface area (Å²) >= 11 is 10.5. The molecule has 4 nitrogen and oxygen atoms in total. The largest absolute Gasteiger partial charge is 0.272 e. The van der Waals surface area contributed by atoms with Gasteiger partial charge in [0.15, 0.2) is 0 Å². The van der Waals surface area contributed by atoms with Crippen LogP contribution in [0.4, 0.5) is 0 Å². The number of halogens is 2. The fraction of sp³-hybridized carbons (Fsp3) is 0.125. The lowest BCUT2D eigenvalue weighted by Crippen LogP contribution is -2.45. The molecule has 0 aliphatic rings. The molecule has 0 aliphatic heterocycles. The number of carbonyl (C=O) groups is 2. The van der Waals surface area contributed by atoms with Crippen molar-refractivity contribution in [1.82, 2.24) is 10.9 Å². The van der Waals surface area contributed by atoms with Gasteiger partial charge in [-0.25, -0.2) is 0 Å². The van der Waals surface area contributed by atoms with Gasteiger partial charge in [-0.3, -0.25) is 20.4 Å². The van der Waals surface area contributed by atoms with Gasteiger partial charge in [0.05, 0.1) is 10.8 Å². The van der Waals surface area contributed by atoms with Gasteiger partial charge in [-0.2, -0.15) is 0 Å². The number of hydrogen-bond donors (Lipinski definition) is 2. The third-order valence-corrected chi connectivity index (χ3v) is 4.97. The van der Waals surface area contributed by atoms with Gasteiger partial charge in [0.25, 0.3) is 11.8 Å². The fourth-order valence-corrected chi connectivity index (χ4v) is 3.16. The highest BCUT2D eigenvalue weighted by molar-refractivity contribution is 9.10. The van der Waals surface area contributed by atoms with Gasteiger partial charge in [-0.1, -0.05) is 23.7 Å². The van der Waals surface area contributed by atoms with Gasteiger partial charge in [0, 0.05) is 14.4 Å². The highest BCUT2D eigenvalue weighted by Gasteiger charge is 2.16. The first kappa shape index (κ1) is 17.8. The van der Waals surface area contributed by atoms with E-state index in [1.165, 1.54) is 11.8 Å². The SMILES string of the molecule is C[C@@H](Sc1ccc(Cl)cc1)C(=O)NNC(=O)c1ccccc1Br. The molecule has 0 saturated heterocycles. The summed E-state index contributed by atoms with van der Waals surface area (Å²) in [7, 11) is 0. The number of nitrogens with one attached hydrogen (secondary N) is 2. The Hall–Kier alpha value is -1.50. The monoisotopic (exact) mass is 412 g/mol. The zero-order valence-electron chi connectivity index (χ0n) is 12.2. The van der Waals surface area contributed by atoms with Crippen molar-refractivity contribution >= 4 is 51.1 Å². The average molecular weight is 414 g/mol. The van der Waals surface area contributed by atoms with E-state index in [1.54, 1.807) is 37.3 Å². The second kappa shape index (κ2) is 8.38. The fourth-order valence-electron chi connectivity index (χ4n) is 1.70. The van der Waals surface area contributed by atoms with Crippen molar-refractivity contribution in [1.29, 1.82) is 0 Å². The molecule has 0 heterocycles. The summed E-state index contributed by atoms with van der Waals surface area (Å²) in [4.78, 5) is 25.0. The maximum absolute atomic E-state index is 12.1. The van der Waals surface area contributed by atoms with Crippen LogP contribution < -0.4 is 10.9 Å². The van der Waals surface area contributed by atoms with Crippen LogP contribution in [0, 0.1) is 0 Å².